The van der Waals surface area contributed by atoms with Gasteiger partial charge in [0, 0.05) is 0 Å². The van der Waals surface area contributed by atoms with Crippen molar-refractivity contribution in [2.75, 3.05) is 6.54 Å². The van der Waals surface area contributed by atoms with Gasteiger partial charge in [-0.15, -0.1) is 0 Å². The van der Waals surface area contributed by atoms with Crippen molar-refractivity contribution < 1.29 is 9.90 Å². The van der Waals surface area contributed by atoms with Crippen LogP contribution >= 0.6 is 0 Å². The quantitative estimate of drug-likeness (QED) is 0.607. The number of aliphatic hydroxyl groups is 1. The van der Waals surface area contributed by atoms with E-state index in [-0.39, 0.29) is 6.54 Å². The van der Waals surface area contributed by atoms with Gasteiger partial charge in [-0.2, -0.15) is 0 Å². The molecule has 1 saturated carbocycles. The lowest BCUT2D eigenvalue weighted by Crippen LogP contribution is -2.37. The molecule has 0 aromatic heterocycles. The minimum atomic E-state index is -0.508. The Hall–Kier alpha value is -0.410. The van der Waals surface area contributed by atoms with Crippen molar-refractivity contribution in [3.8, 4) is 0 Å². The predicted molar refractivity (Wildman–Crippen MR) is 46.3 cm³/mol. The smallest absolute Gasteiger partial charge is 0.213 e. The monoisotopic (exact) mass is 170 g/mol. The minimum absolute atomic E-state index is 0.137. The first-order valence-electron chi connectivity index (χ1n) is 4.61. The standard InChI is InChI=1S/C9H16NO2/c11-7-6-10-9(12)8-4-2-1-3-5-8/h8-10,12H,1-6H2. The van der Waals surface area contributed by atoms with Crippen LogP contribution in [0.25, 0.3) is 0 Å². The molecule has 3 heteroatoms. The van der Waals surface area contributed by atoms with E-state index in [0.29, 0.717) is 5.92 Å². The second kappa shape index (κ2) is 5.27. The molecule has 0 amide bonds. The largest absolute Gasteiger partial charge is 0.378 e. The molecule has 1 unspecified atom stereocenters. The molecule has 1 aliphatic carbocycles. The van der Waals surface area contributed by atoms with Gasteiger partial charge >= 0.3 is 0 Å². The van der Waals surface area contributed by atoms with E-state index in [1.807, 2.05) is 0 Å². The van der Waals surface area contributed by atoms with Gasteiger partial charge in [0.2, 0.25) is 6.29 Å². The van der Waals surface area contributed by atoms with Gasteiger partial charge in [-0.05, 0) is 18.8 Å². The highest BCUT2D eigenvalue weighted by atomic mass is 16.3. The van der Waals surface area contributed by atoms with Crippen LogP contribution in [0, 0.1) is 5.92 Å². The van der Waals surface area contributed by atoms with Gasteiger partial charge in [-0.1, -0.05) is 19.3 Å². The molecule has 0 aliphatic heterocycles. The summed E-state index contributed by atoms with van der Waals surface area (Å²) in [5.41, 5.74) is 0. The third kappa shape index (κ3) is 2.91. The van der Waals surface area contributed by atoms with Crippen molar-refractivity contribution in [3.05, 3.63) is 0 Å². The first-order valence-corrected chi connectivity index (χ1v) is 4.61. The fraction of sp³-hybridized carbons (Fsp3) is 0.889. The molecule has 1 rings (SSSR count). The molecule has 3 nitrogen and oxygen atoms in total. The lowest BCUT2D eigenvalue weighted by Gasteiger charge is -2.26. The third-order valence-corrected chi connectivity index (χ3v) is 2.48. The van der Waals surface area contributed by atoms with E-state index in [4.69, 9.17) is 0 Å². The Balaban J connectivity index is 2.19. The number of nitrogens with one attached hydrogen (secondary N) is 1. The molecule has 1 atom stereocenters. The summed E-state index contributed by atoms with van der Waals surface area (Å²) < 4.78 is 0. The van der Waals surface area contributed by atoms with Crippen molar-refractivity contribution in [2.45, 2.75) is 38.3 Å². The van der Waals surface area contributed by atoms with Crippen LogP contribution in [-0.4, -0.2) is 24.2 Å². The van der Waals surface area contributed by atoms with Crippen LogP contribution in [0.2, 0.25) is 0 Å². The molecule has 1 aliphatic rings. The molecule has 1 fully saturated rings. The van der Waals surface area contributed by atoms with Crippen LogP contribution in [-0.2, 0) is 4.79 Å². The van der Waals surface area contributed by atoms with Gasteiger partial charge in [0.25, 0.3) is 0 Å². The Labute approximate surface area is 73.2 Å². The summed E-state index contributed by atoms with van der Waals surface area (Å²) in [7, 11) is 0. The fourth-order valence-corrected chi connectivity index (χ4v) is 1.76. The zero-order valence-corrected chi connectivity index (χ0v) is 7.25. The Kier molecular flexibility index (Phi) is 4.25. The molecule has 0 spiro atoms. The number of hydrogen-bond acceptors (Lipinski definition) is 3. The van der Waals surface area contributed by atoms with Crippen LogP contribution in [0.4, 0.5) is 0 Å². The normalized spacial score (nSPS) is 22.1. The van der Waals surface area contributed by atoms with Gasteiger partial charge in [0.15, 0.2) is 0 Å². The summed E-state index contributed by atoms with van der Waals surface area (Å²) in [5, 5.41) is 12.2. The van der Waals surface area contributed by atoms with Crippen LogP contribution in [0.3, 0.4) is 0 Å². The summed E-state index contributed by atoms with van der Waals surface area (Å²) in [5.74, 6) is 0.340. The minimum Gasteiger partial charge on any atom is -0.378 e. The zero-order chi connectivity index (χ0) is 8.81. The summed E-state index contributed by atoms with van der Waals surface area (Å²) in [4.78, 5) is 9.89. The van der Waals surface area contributed by atoms with Crippen molar-refractivity contribution in [1.29, 1.82) is 0 Å². The first kappa shape index (κ1) is 9.68. The van der Waals surface area contributed by atoms with Crippen LogP contribution in [0.1, 0.15) is 32.1 Å². The Morgan fingerprint density at radius 1 is 1.42 bits per heavy atom. The molecule has 0 aromatic rings. The van der Waals surface area contributed by atoms with Crippen molar-refractivity contribution in [3.63, 3.8) is 0 Å². The van der Waals surface area contributed by atoms with Gasteiger partial charge in [0.05, 0.1) is 6.54 Å². The lowest BCUT2D eigenvalue weighted by molar-refractivity contribution is 0.0594. The number of rotatable bonds is 4. The average Bonchev–Trinajstić information content (AvgIpc) is 2.15. The second-order valence-electron chi connectivity index (χ2n) is 3.37. The maximum Gasteiger partial charge on any atom is 0.213 e. The van der Waals surface area contributed by atoms with Crippen molar-refractivity contribution >= 4 is 6.29 Å². The number of carbonyl (C=O) groups excluding carboxylic acids is 1. The van der Waals surface area contributed by atoms with E-state index < -0.39 is 6.23 Å². The topological polar surface area (TPSA) is 49.3 Å². The van der Waals surface area contributed by atoms with Gasteiger partial charge in [-0.25, -0.2) is 0 Å². The van der Waals surface area contributed by atoms with E-state index >= 15 is 0 Å². The third-order valence-electron chi connectivity index (χ3n) is 2.48. The highest BCUT2D eigenvalue weighted by molar-refractivity contribution is 5.52. The van der Waals surface area contributed by atoms with E-state index in [2.05, 4.69) is 5.32 Å². The number of aliphatic hydroxyl groups excluding tert-OH is 1. The van der Waals surface area contributed by atoms with E-state index in [9.17, 15) is 9.90 Å². The van der Waals surface area contributed by atoms with E-state index in [1.54, 1.807) is 6.29 Å². The van der Waals surface area contributed by atoms with E-state index in [0.717, 1.165) is 12.8 Å². The molecular formula is C9H16NO2. The molecule has 69 valence electrons. The van der Waals surface area contributed by atoms with Crippen LogP contribution in [0.15, 0.2) is 0 Å². The maximum atomic E-state index is 9.89. The molecule has 1 radical (unpaired) electrons. The SMILES string of the molecule is O=[C]CNC(O)C1CCCCC1. The van der Waals surface area contributed by atoms with Gasteiger partial charge in [-0.3, -0.25) is 10.1 Å². The zero-order valence-electron chi connectivity index (χ0n) is 7.25. The molecule has 2 N–H and O–H groups in total. The Bertz CT molecular complexity index is 132. The predicted octanol–water partition coefficient (Wildman–Crippen LogP) is 0.584. The highest BCUT2D eigenvalue weighted by Crippen LogP contribution is 2.25. The lowest BCUT2D eigenvalue weighted by atomic mass is 9.88. The van der Waals surface area contributed by atoms with Crippen molar-refractivity contribution in [2.24, 2.45) is 5.92 Å². The Morgan fingerprint density at radius 3 is 2.67 bits per heavy atom. The molecule has 12 heavy (non-hydrogen) atoms. The summed E-state index contributed by atoms with van der Waals surface area (Å²) in [6.07, 6.45) is 7.05. The second-order valence-corrected chi connectivity index (χ2v) is 3.37. The highest BCUT2D eigenvalue weighted by Gasteiger charge is 2.20. The van der Waals surface area contributed by atoms with Crippen molar-refractivity contribution in [1.82, 2.24) is 5.32 Å². The molecule has 0 saturated heterocycles. The molecule has 0 bridgehead atoms. The van der Waals surface area contributed by atoms with E-state index in [1.165, 1.54) is 19.3 Å². The summed E-state index contributed by atoms with van der Waals surface area (Å²) in [6.45, 7) is 0.137. The molecular weight excluding hydrogens is 154 g/mol. The first-order chi connectivity index (χ1) is 5.84. The fourth-order valence-electron chi connectivity index (χ4n) is 1.76. The number of hydrogen-bond donors (Lipinski definition) is 2. The van der Waals surface area contributed by atoms with Gasteiger partial charge in [0.1, 0.15) is 6.23 Å². The molecule has 0 heterocycles. The Morgan fingerprint density at radius 2 is 2.08 bits per heavy atom. The van der Waals surface area contributed by atoms with Gasteiger partial charge < -0.3 is 5.11 Å². The van der Waals surface area contributed by atoms with Crippen LogP contribution < -0.4 is 5.32 Å². The summed E-state index contributed by atoms with van der Waals surface area (Å²) >= 11 is 0. The van der Waals surface area contributed by atoms with Crippen LogP contribution in [0.5, 0.6) is 0 Å². The average molecular weight is 170 g/mol. The maximum absolute atomic E-state index is 9.89. The molecule has 0 aromatic carbocycles. The summed E-state index contributed by atoms with van der Waals surface area (Å²) in [6, 6.07) is 0.